The number of ether oxygens (including phenoxy) is 1. The quantitative estimate of drug-likeness (QED) is 0.536. The highest BCUT2D eigenvalue weighted by Gasteiger charge is 2.33. The molecule has 0 saturated heterocycles. The third-order valence-corrected chi connectivity index (χ3v) is 6.73. The number of allylic oxidation sites excluding steroid dienone is 1. The van der Waals surface area contributed by atoms with Crippen LogP contribution in [0.25, 0.3) is 6.08 Å². The number of fused-ring (bicyclic) bond motifs is 1. The molecule has 0 aliphatic carbocycles. The molecule has 1 aliphatic rings. The van der Waals surface area contributed by atoms with Crippen LogP contribution in [0.15, 0.2) is 69.6 Å². The molecule has 2 aromatic carbocycles. The third kappa shape index (κ3) is 3.99. The number of nitrogens with zero attached hydrogens (tertiary/aromatic N) is 2. The van der Waals surface area contributed by atoms with Gasteiger partial charge in [0.15, 0.2) is 4.80 Å². The van der Waals surface area contributed by atoms with Crippen molar-refractivity contribution in [1.82, 2.24) is 4.57 Å². The highest BCUT2D eigenvalue weighted by Crippen LogP contribution is 2.31. The van der Waals surface area contributed by atoms with Crippen molar-refractivity contribution in [1.29, 1.82) is 0 Å². The van der Waals surface area contributed by atoms with Gasteiger partial charge in [-0.05, 0) is 35.8 Å². The highest BCUT2D eigenvalue weighted by molar-refractivity contribution is 7.07. The summed E-state index contributed by atoms with van der Waals surface area (Å²) >= 11 is 13.4. The number of methoxy groups -OCH3 is 1. The lowest BCUT2D eigenvalue weighted by Gasteiger charge is -2.25. The molecule has 1 aromatic heterocycles. The molecule has 0 amide bonds. The van der Waals surface area contributed by atoms with Crippen molar-refractivity contribution >= 4 is 46.6 Å². The van der Waals surface area contributed by atoms with Crippen LogP contribution in [0.5, 0.6) is 0 Å². The predicted octanol–water partition coefficient (Wildman–Crippen LogP) is 4.11. The first-order valence-electron chi connectivity index (χ1n) is 9.57. The Labute approximate surface area is 192 Å². The molecule has 3 aromatic rings. The van der Waals surface area contributed by atoms with E-state index in [9.17, 15) is 9.59 Å². The minimum Gasteiger partial charge on any atom is -0.466 e. The summed E-state index contributed by atoms with van der Waals surface area (Å²) < 4.78 is 7.10. The number of benzene rings is 2. The second kappa shape index (κ2) is 8.83. The van der Waals surface area contributed by atoms with Crippen LogP contribution >= 0.6 is 34.5 Å². The van der Waals surface area contributed by atoms with Crippen LogP contribution < -0.4 is 14.9 Å². The molecule has 0 fully saturated rings. The molecule has 31 heavy (non-hydrogen) atoms. The minimum atomic E-state index is -0.615. The number of esters is 1. The number of halogens is 2. The summed E-state index contributed by atoms with van der Waals surface area (Å²) in [6.07, 6.45) is 2.28. The van der Waals surface area contributed by atoms with Gasteiger partial charge in [-0.25, -0.2) is 9.79 Å². The first-order chi connectivity index (χ1) is 14.9. The van der Waals surface area contributed by atoms with E-state index in [1.807, 2.05) is 37.3 Å². The van der Waals surface area contributed by atoms with E-state index in [1.54, 1.807) is 28.8 Å². The van der Waals surface area contributed by atoms with Crippen LogP contribution in [0.2, 0.25) is 10.0 Å². The summed E-state index contributed by atoms with van der Waals surface area (Å²) in [6, 6.07) is 14.0. The van der Waals surface area contributed by atoms with Gasteiger partial charge in [-0.15, -0.1) is 0 Å². The zero-order chi connectivity index (χ0) is 22.1. The zero-order valence-electron chi connectivity index (χ0n) is 16.8. The molecule has 4 rings (SSSR count). The Hall–Kier alpha value is -2.67. The second-order valence-electron chi connectivity index (χ2n) is 6.87. The van der Waals surface area contributed by atoms with Gasteiger partial charge in [0.25, 0.3) is 5.56 Å². The minimum absolute atomic E-state index is 0.236. The number of hydrogen-bond donors (Lipinski definition) is 0. The molecular formula is C23H18Cl2N2O3S. The fourth-order valence-electron chi connectivity index (χ4n) is 3.57. The fraction of sp³-hybridized carbons (Fsp3) is 0.174. The van der Waals surface area contributed by atoms with E-state index in [4.69, 9.17) is 27.9 Å². The van der Waals surface area contributed by atoms with Gasteiger partial charge in [0, 0.05) is 0 Å². The second-order valence-corrected chi connectivity index (χ2v) is 8.70. The molecule has 0 N–H and O–H groups in total. The largest absolute Gasteiger partial charge is 0.466 e. The van der Waals surface area contributed by atoms with Crippen molar-refractivity contribution in [2.24, 2.45) is 4.99 Å². The standard InChI is InChI=1S/C23H18Cl2N2O3S/c1-3-17-19(22(29)30-2)20(14-7-5-4-6-8-14)27-21(28)18(31-23(27)26-17)12-13-9-10-15(24)16(25)11-13/h4-12,20H,3H2,1-2H3/b18-12-/t20-/m0/s1. The first-order valence-corrected chi connectivity index (χ1v) is 11.1. The predicted molar refractivity (Wildman–Crippen MR) is 123 cm³/mol. The van der Waals surface area contributed by atoms with Crippen LogP contribution in [-0.2, 0) is 9.53 Å². The average molecular weight is 473 g/mol. The van der Waals surface area contributed by atoms with Crippen molar-refractivity contribution in [3.05, 3.63) is 101 Å². The third-order valence-electron chi connectivity index (χ3n) is 5.01. The number of carbonyl (C=O) groups is 1. The van der Waals surface area contributed by atoms with Crippen molar-refractivity contribution in [2.45, 2.75) is 19.4 Å². The number of aromatic nitrogens is 1. The van der Waals surface area contributed by atoms with Gasteiger partial charge in [0.05, 0.1) is 39.0 Å². The molecule has 0 saturated carbocycles. The summed E-state index contributed by atoms with van der Waals surface area (Å²) in [4.78, 5) is 31.3. The average Bonchev–Trinajstić information content (AvgIpc) is 3.09. The normalized spacial score (nSPS) is 16.1. The van der Waals surface area contributed by atoms with Gasteiger partial charge < -0.3 is 4.74 Å². The van der Waals surface area contributed by atoms with Crippen LogP contribution in [0, 0.1) is 0 Å². The molecule has 0 unspecified atom stereocenters. The lowest BCUT2D eigenvalue weighted by molar-refractivity contribution is -0.136. The maximum Gasteiger partial charge on any atom is 0.338 e. The van der Waals surface area contributed by atoms with E-state index in [1.165, 1.54) is 18.4 Å². The number of rotatable bonds is 4. The Balaban J connectivity index is 1.99. The molecule has 1 atom stereocenters. The van der Waals surface area contributed by atoms with Crippen LogP contribution in [-0.4, -0.2) is 17.6 Å². The van der Waals surface area contributed by atoms with Gasteiger partial charge in [-0.3, -0.25) is 9.36 Å². The summed E-state index contributed by atoms with van der Waals surface area (Å²) in [6.45, 7) is 1.92. The van der Waals surface area contributed by atoms with Gasteiger partial charge >= 0.3 is 5.97 Å². The summed E-state index contributed by atoms with van der Waals surface area (Å²) in [7, 11) is 1.33. The molecule has 0 bridgehead atoms. The van der Waals surface area contributed by atoms with Gasteiger partial charge in [0.2, 0.25) is 0 Å². The topological polar surface area (TPSA) is 60.7 Å². The Morgan fingerprint density at radius 3 is 2.58 bits per heavy atom. The lowest BCUT2D eigenvalue weighted by Crippen LogP contribution is -2.40. The summed E-state index contributed by atoms with van der Waals surface area (Å²) in [5, 5.41) is 0.853. The molecule has 8 heteroatoms. The van der Waals surface area contributed by atoms with E-state index in [-0.39, 0.29) is 5.56 Å². The number of carbonyl (C=O) groups excluding carboxylic acids is 1. The van der Waals surface area contributed by atoms with Crippen molar-refractivity contribution in [3.8, 4) is 0 Å². The maximum absolute atomic E-state index is 13.5. The Bertz CT molecular complexity index is 1370. The maximum atomic E-state index is 13.5. The SMILES string of the molecule is CCC1=C(C(=O)OC)[C@H](c2ccccc2)n2c(s/c(=C\c3ccc(Cl)c(Cl)c3)c2=O)=N1. The van der Waals surface area contributed by atoms with Crippen molar-refractivity contribution < 1.29 is 9.53 Å². The van der Waals surface area contributed by atoms with Gasteiger partial charge in [-0.1, -0.05) is 77.9 Å². The summed E-state index contributed by atoms with van der Waals surface area (Å²) in [5.41, 5.74) is 2.32. The molecule has 0 spiro atoms. The molecule has 2 heterocycles. The van der Waals surface area contributed by atoms with Gasteiger partial charge in [0.1, 0.15) is 0 Å². The van der Waals surface area contributed by atoms with E-state index < -0.39 is 12.0 Å². The van der Waals surface area contributed by atoms with Crippen molar-refractivity contribution in [2.75, 3.05) is 7.11 Å². The van der Waals surface area contributed by atoms with Crippen molar-refractivity contribution in [3.63, 3.8) is 0 Å². The summed E-state index contributed by atoms with van der Waals surface area (Å²) in [5.74, 6) is -0.492. The molecule has 1 aliphatic heterocycles. The van der Waals surface area contributed by atoms with E-state index in [0.29, 0.717) is 37.1 Å². The Morgan fingerprint density at radius 1 is 1.19 bits per heavy atom. The first kappa shape index (κ1) is 21.6. The number of hydrogen-bond acceptors (Lipinski definition) is 5. The Morgan fingerprint density at radius 2 is 1.94 bits per heavy atom. The van der Waals surface area contributed by atoms with Crippen LogP contribution in [0.1, 0.15) is 30.5 Å². The Kier molecular flexibility index (Phi) is 6.14. The van der Waals surface area contributed by atoms with E-state index in [2.05, 4.69) is 4.99 Å². The van der Waals surface area contributed by atoms with Crippen LogP contribution in [0.4, 0.5) is 0 Å². The molecule has 5 nitrogen and oxygen atoms in total. The van der Waals surface area contributed by atoms with E-state index >= 15 is 0 Å². The molecular weight excluding hydrogens is 455 g/mol. The lowest BCUT2D eigenvalue weighted by atomic mass is 9.95. The van der Waals surface area contributed by atoms with Crippen LogP contribution in [0.3, 0.4) is 0 Å². The highest BCUT2D eigenvalue weighted by atomic mass is 35.5. The van der Waals surface area contributed by atoms with E-state index in [0.717, 1.165) is 11.1 Å². The monoisotopic (exact) mass is 472 g/mol. The van der Waals surface area contributed by atoms with Gasteiger partial charge in [-0.2, -0.15) is 0 Å². The molecule has 0 radical (unpaired) electrons. The zero-order valence-corrected chi connectivity index (χ0v) is 19.1. The number of thiazole rings is 1. The fourth-order valence-corrected chi connectivity index (χ4v) is 4.89. The smallest absolute Gasteiger partial charge is 0.338 e. The molecule has 158 valence electrons.